The van der Waals surface area contributed by atoms with Crippen LogP contribution in [0.2, 0.25) is 0 Å². The van der Waals surface area contributed by atoms with Crippen LogP contribution >= 0.6 is 0 Å². The van der Waals surface area contributed by atoms with Crippen molar-refractivity contribution in [2.24, 2.45) is 0 Å². The molecule has 0 bridgehead atoms. The summed E-state index contributed by atoms with van der Waals surface area (Å²) in [5.74, 6) is 0. The Morgan fingerprint density at radius 3 is 3.12 bits per heavy atom. The van der Waals surface area contributed by atoms with Gasteiger partial charge in [-0.2, -0.15) is 5.10 Å². The Hall–Kier alpha value is -2.80. The first-order chi connectivity index (χ1) is 11.9. The molecular formula is C17H19N7. The van der Waals surface area contributed by atoms with Crippen molar-refractivity contribution in [3.8, 4) is 0 Å². The van der Waals surface area contributed by atoms with E-state index in [1.807, 2.05) is 22.9 Å². The summed E-state index contributed by atoms with van der Waals surface area (Å²) < 4.78 is 1.92. The van der Waals surface area contributed by atoms with Crippen LogP contribution < -0.4 is 5.32 Å². The molecule has 3 aromatic rings. The minimum Gasteiger partial charge on any atom is -0.311 e. The zero-order valence-corrected chi connectivity index (χ0v) is 13.3. The molecule has 0 saturated heterocycles. The van der Waals surface area contributed by atoms with Gasteiger partial charge in [0.1, 0.15) is 6.33 Å². The third kappa shape index (κ3) is 2.74. The fraction of sp³-hybridized carbons (Fsp3) is 0.294. The number of rotatable bonds is 6. The van der Waals surface area contributed by atoms with Gasteiger partial charge in [-0.15, -0.1) is 10.2 Å². The molecule has 4 rings (SSSR count). The zero-order chi connectivity index (χ0) is 16.2. The second kappa shape index (κ2) is 6.37. The van der Waals surface area contributed by atoms with Gasteiger partial charge in [0.15, 0.2) is 5.65 Å². The van der Waals surface area contributed by atoms with E-state index in [-0.39, 0.29) is 5.41 Å². The molecule has 1 aliphatic rings. The average Bonchev–Trinajstić information content (AvgIpc) is 3.30. The first kappa shape index (κ1) is 14.8. The van der Waals surface area contributed by atoms with E-state index < -0.39 is 0 Å². The van der Waals surface area contributed by atoms with Crippen LogP contribution in [0.25, 0.3) is 5.65 Å². The second-order valence-corrected chi connectivity index (χ2v) is 5.99. The Labute approximate surface area is 139 Å². The average molecular weight is 321 g/mol. The summed E-state index contributed by atoms with van der Waals surface area (Å²) in [4.78, 5) is 4.65. The SMILES string of the molecule is C1=CCC(CCNCc2ccn[nH]2)(c2nccn3cnnc23)C=C1. The highest BCUT2D eigenvalue weighted by atomic mass is 15.2. The highest BCUT2D eigenvalue weighted by Gasteiger charge is 2.33. The van der Waals surface area contributed by atoms with Crippen LogP contribution in [0, 0.1) is 0 Å². The van der Waals surface area contributed by atoms with Gasteiger partial charge in [-0.1, -0.05) is 24.3 Å². The first-order valence-electron chi connectivity index (χ1n) is 8.06. The molecule has 0 amide bonds. The summed E-state index contributed by atoms with van der Waals surface area (Å²) in [5, 5.41) is 18.7. The number of hydrogen-bond acceptors (Lipinski definition) is 5. The number of nitrogens with one attached hydrogen (secondary N) is 2. The van der Waals surface area contributed by atoms with Gasteiger partial charge in [0, 0.05) is 36.2 Å². The maximum atomic E-state index is 4.65. The van der Waals surface area contributed by atoms with Crippen molar-refractivity contribution in [3.63, 3.8) is 0 Å². The number of H-pyrrole nitrogens is 1. The lowest BCUT2D eigenvalue weighted by Crippen LogP contribution is -2.31. The minimum absolute atomic E-state index is 0.161. The molecule has 7 heteroatoms. The summed E-state index contributed by atoms with van der Waals surface area (Å²) in [6, 6.07) is 1.98. The van der Waals surface area contributed by atoms with E-state index in [2.05, 4.69) is 55.0 Å². The van der Waals surface area contributed by atoms with E-state index >= 15 is 0 Å². The molecule has 1 unspecified atom stereocenters. The lowest BCUT2D eigenvalue weighted by atomic mass is 9.75. The van der Waals surface area contributed by atoms with Gasteiger partial charge >= 0.3 is 0 Å². The number of nitrogens with zero attached hydrogens (tertiary/aromatic N) is 5. The Morgan fingerprint density at radius 2 is 2.29 bits per heavy atom. The highest BCUT2D eigenvalue weighted by molar-refractivity contribution is 5.50. The van der Waals surface area contributed by atoms with Crippen LogP contribution in [0.3, 0.4) is 0 Å². The predicted molar refractivity (Wildman–Crippen MR) is 90.3 cm³/mol. The smallest absolute Gasteiger partial charge is 0.183 e. The Balaban J connectivity index is 1.55. The Kier molecular flexibility index (Phi) is 3.92. The molecule has 3 heterocycles. The molecule has 0 aromatic carbocycles. The third-order valence-corrected chi connectivity index (χ3v) is 4.45. The minimum atomic E-state index is -0.161. The van der Waals surface area contributed by atoms with E-state index in [9.17, 15) is 0 Å². The number of fused-ring (bicyclic) bond motifs is 1. The summed E-state index contributed by atoms with van der Waals surface area (Å²) in [6.07, 6.45) is 17.6. The molecule has 122 valence electrons. The molecule has 0 fully saturated rings. The van der Waals surface area contributed by atoms with Crippen LogP contribution in [-0.4, -0.2) is 36.3 Å². The van der Waals surface area contributed by atoms with Crippen LogP contribution in [0.5, 0.6) is 0 Å². The monoisotopic (exact) mass is 321 g/mol. The Bertz CT molecular complexity index is 862. The molecule has 0 spiro atoms. The number of allylic oxidation sites excluding steroid dienone is 4. The summed E-state index contributed by atoms with van der Waals surface area (Å²) in [6.45, 7) is 1.65. The van der Waals surface area contributed by atoms with Crippen molar-refractivity contribution in [3.05, 3.63) is 66.7 Å². The predicted octanol–water partition coefficient (Wildman–Crippen LogP) is 1.78. The van der Waals surface area contributed by atoms with Gasteiger partial charge in [-0.25, -0.2) is 0 Å². The molecule has 2 N–H and O–H groups in total. The largest absolute Gasteiger partial charge is 0.311 e. The molecule has 1 atom stereocenters. The van der Waals surface area contributed by atoms with Gasteiger partial charge in [0.25, 0.3) is 0 Å². The maximum Gasteiger partial charge on any atom is 0.183 e. The lowest BCUT2D eigenvalue weighted by molar-refractivity contribution is 0.456. The van der Waals surface area contributed by atoms with Crippen LogP contribution in [-0.2, 0) is 12.0 Å². The van der Waals surface area contributed by atoms with E-state index in [4.69, 9.17) is 0 Å². The number of aromatic nitrogens is 6. The molecule has 7 nitrogen and oxygen atoms in total. The zero-order valence-electron chi connectivity index (χ0n) is 13.3. The van der Waals surface area contributed by atoms with Crippen LogP contribution in [0.4, 0.5) is 0 Å². The van der Waals surface area contributed by atoms with Crippen LogP contribution in [0.15, 0.2) is 55.3 Å². The Morgan fingerprint density at radius 1 is 1.29 bits per heavy atom. The van der Waals surface area contributed by atoms with Crippen LogP contribution in [0.1, 0.15) is 24.2 Å². The van der Waals surface area contributed by atoms with Crippen molar-refractivity contribution in [2.45, 2.75) is 24.8 Å². The van der Waals surface area contributed by atoms with Gasteiger partial charge in [-0.3, -0.25) is 14.5 Å². The van der Waals surface area contributed by atoms with Gasteiger partial charge in [0.2, 0.25) is 0 Å². The summed E-state index contributed by atoms with van der Waals surface area (Å²) >= 11 is 0. The molecule has 0 radical (unpaired) electrons. The summed E-state index contributed by atoms with van der Waals surface area (Å²) in [7, 11) is 0. The topological polar surface area (TPSA) is 83.8 Å². The molecular weight excluding hydrogens is 302 g/mol. The van der Waals surface area contributed by atoms with Crippen molar-refractivity contribution in [1.29, 1.82) is 0 Å². The summed E-state index contributed by atoms with van der Waals surface area (Å²) in [5.41, 5.74) is 2.73. The first-order valence-corrected chi connectivity index (χ1v) is 8.06. The van der Waals surface area contributed by atoms with Gasteiger partial charge in [0.05, 0.1) is 5.69 Å². The van der Waals surface area contributed by atoms with Gasteiger partial charge in [-0.05, 0) is 25.5 Å². The standard InChI is InChI=1S/C17H19N7/c1-2-5-17(6-3-1,7-9-18-12-14-4-8-20-22-14)15-16-23-21-13-24(16)11-10-19-15/h1-5,8,10-11,13,18H,6-7,9,12H2,(H,20,22). The second-order valence-electron chi connectivity index (χ2n) is 5.99. The highest BCUT2D eigenvalue weighted by Crippen LogP contribution is 2.36. The molecule has 1 aliphatic carbocycles. The molecule has 0 saturated carbocycles. The quantitative estimate of drug-likeness (QED) is 0.676. The maximum absolute atomic E-state index is 4.65. The third-order valence-electron chi connectivity index (χ3n) is 4.45. The number of aromatic amines is 1. The lowest BCUT2D eigenvalue weighted by Gasteiger charge is -2.31. The van der Waals surface area contributed by atoms with Crippen molar-refractivity contribution in [1.82, 2.24) is 35.1 Å². The van der Waals surface area contributed by atoms with E-state index in [1.54, 1.807) is 12.5 Å². The molecule has 3 aromatic heterocycles. The van der Waals surface area contributed by atoms with Crippen molar-refractivity contribution in [2.75, 3.05) is 6.54 Å². The molecule has 0 aliphatic heterocycles. The van der Waals surface area contributed by atoms with E-state index in [0.717, 1.165) is 43.0 Å². The van der Waals surface area contributed by atoms with Crippen molar-refractivity contribution >= 4 is 5.65 Å². The normalized spacial score (nSPS) is 20.0. The van der Waals surface area contributed by atoms with Crippen molar-refractivity contribution < 1.29 is 0 Å². The molecule has 24 heavy (non-hydrogen) atoms. The fourth-order valence-corrected chi connectivity index (χ4v) is 3.17. The van der Waals surface area contributed by atoms with E-state index in [0.29, 0.717) is 0 Å². The van der Waals surface area contributed by atoms with Gasteiger partial charge < -0.3 is 5.32 Å². The number of hydrogen-bond donors (Lipinski definition) is 2. The van der Waals surface area contributed by atoms with E-state index in [1.165, 1.54) is 0 Å². The fourth-order valence-electron chi connectivity index (χ4n) is 3.17.